The van der Waals surface area contributed by atoms with Crippen molar-refractivity contribution in [1.29, 1.82) is 5.26 Å². The highest BCUT2D eigenvalue weighted by Crippen LogP contribution is 2.23. The summed E-state index contributed by atoms with van der Waals surface area (Å²) in [6.45, 7) is 0. The van der Waals surface area contributed by atoms with E-state index in [1.165, 1.54) is 23.5 Å². The number of hydrogen-bond donors (Lipinski definition) is 0. The monoisotopic (exact) mass is 218 g/mol. The van der Waals surface area contributed by atoms with Crippen LogP contribution in [0.4, 0.5) is 4.39 Å². The van der Waals surface area contributed by atoms with Gasteiger partial charge in [-0.1, -0.05) is 0 Å². The molecule has 0 atom stereocenters. The third kappa shape index (κ3) is 2.20. The van der Waals surface area contributed by atoms with Gasteiger partial charge in [-0.2, -0.15) is 5.26 Å². The minimum atomic E-state index is -0.257. The molecule has 0 radical (unpaired) electrons. The Balaban J connectivity index is 2.30. The first-order chi connectivity index (χ1) is 7.29. The van der Waals surface area contributed by atoms with Crippen molar-refractivity contribution in [1.82, 2.24) is 4.98 Å². The molecule has 0 amide bonds. The van der Waals surface area contributed by atoms with Gasteiger partial charge < -0.3 is 0 Å². The van der Waals surface area contributed by atoms with E-state index in [9.17, 15) is 4.39 Å². The molecular weight excluding hydrogens is 211 g/mol. The van der Waals surface area contributed by atoms with Crippen molar-refractivity contribution in [3.63, 3.8) is 0 Å². The van der Waals surface area contributed by atoms with Crippen LogP contribution in [0.5, 0.6) is 0 Å². The third-order valence-electron chi connectivity index (χ3n) is 1.90. The molecule has 0 N–H and O–H groups in total. The van der Waals surface area contributed by atoms with E-state index in [2.05, 4.69) is 4.98 Å². The first-order valence-corrected chi connectivity index (χ1v) is 5.25. The van der Waals surface area contributed by atoms with E-state index in [0.29, 0.717) is 6.42 Å². The molecule has 2 rings (SSSR count). The topological polar surface area (TPSA) is 36.7 Å². The molecule has 0 aliphatic heterocycles. The van der Waals surface area contributed by atoms with Crippen molar-refractivity contribution in [3.8, 4) is 16.6 Å². The maximum absolute atomic E-state index is 12.7. The van der Waals surface area contributed by atoms with E-state index in [4.69, 9.17) is 5.26 Å². The van der Waals surface area contributed by atoms with Gasteiger partial charge >= 0.3 is 0 Å². The lowest BCUT2D eigenvalue weighted by Crippen LogP contribution is -1.82. The molecule has 0 saturated carbocycles. The predicted molar refractivity (Wildman–Crippen MR) is 56.8 cm³/mol. The molecule has 0 unspecified atom stereocenters. The van der Waals surface area contributed by atoms with Crippen molar-refractivity contribution in [3.05, 3.63) is 41.2 Å². The minimum Gasteiger partial charge on any atom is -0.240 e. The van der Waals surface area contributed by atoms with E-state index in [0.717, 1.165) is 16.3 Å². The fraction of sp³-hybridized carbons (Fsp3) is 0.0909. The van der Waals surface area contributed by atoms with Crippen molar-refractivity contribution in [2.24, 2.45) is 0 Å². The van der Waals surface area contributed by atoms with Gasteiger partial charge in [-0.25, -0.2) is 9.37 Å². The molecule has 0 aliphatic carbocycles. The Morgan fingerprint density at radius 1 is 1.33 bits per heavy atom. The molecule has 0 bridgehead atoms. The average molecular weight is 218 g/mol. The molecule has 1 aromatic carbocycles. The van der Waals surface area contributed by atoms with Gasteiger partial charge in [0.05, 0.1) is 18.2 Å². The highest BCUT2D eigenvalue weighted by molar-refractivity contribution is 7.13. The molecule has 74 valence electrons. The van der Waals surface area contributed by atoms with Crippen LogP contribution in [0, 0.1) is 17.1 Å². The Hall–Kier alpha value is -1.73. The summed E-state index contributed by atoms with van der Waals surface area (Å²) in [5.74, 6) is -0.257. The maximum atomic E-state index is 12.7. The summed E-state index contributed by atoms with van der Waals surface area (Å²) in [5.41, 5.74) is 1.65. The zero-order chi connectivity index (χ0) is 10.7. The van der Waals surface area contributed by atoms with Crippen LogP contribution in [0.25, 0.3) is 10.6 Å². The van der Waals surface area contributed by atoms with E-state index in [-0.39, 0.29) is 5.82 Å². The van der Waals surface area contributed by atoms with Gasteiger partial charge in [0.15, 0.2) is 0 Å². The Morgan fingerprint density at radius 2 is 2.07 bits per heavy atom. The molecule has 4 heteroatoms. The van der Waals surface area contributed by atoms with Gasteiger partial charge in [0, 0.05) is 10.9 Å². The molecule has 0 saturated heterocycles. The molecule has 2 nitrogen and oxygen atoms in total. The lowest BCUT2D eigenvalue weighted by molar-refractivity contribution is 0.628. The number of thiazole rings is 1. The second-order valence-corrected chi connectivity index (χ2v) is 3.84. The van der Waals surface area contributed by atoms with Gasteiger partial charge in [-0.05, 0) is 24.3 Å². The normalized spacial score (nSPS) is 9.87. The maximum Gasteiger partial charge on any atom is 0.123 e. The Morgan fingerprint density at radius 3 is 2.73 bits per heavy atom. The molecule has 15 heavy (non-hydrogen) atoms. The highest BCUT2D eigenvalue weighted by Gasteiger charge is 2.04. The SMILES string of the molecule is N#CCc1csc(-c2ccc(F)cc2)n1. The smallest absolute Gasteiger partial charge is 0.123 e. The van der Waals surface area contributed by atoms with Gasteiger partial charge in [0.25, 0.3) is 0 Å². The van der Waals surface area contributed by atoms with Crippen LogP contribution in [-0.4, -0.2) is 4.98 Å². The fourth-order valence-electron chi connectivity index (χ4n) is 1.19. The van der Waals surface area contributed by atoms with E-state index < -0.39 is 0 Å². The molecule has 1 aromatic heterocycles. The molecule has 2 aromatic rings. The van der Waals surface area contributed by atoms with Crippen LogP contribution in [0.1, 0.15) is 5.69 Å². The lowest BCUT2D eigenvalue weighted by Gasteiger charge is -1.94. The number of nitriles is 1. The Kier molecular flexibility index (Phi) is 2.75. The van der Waals surface area contributed by atoms with Crippen LogP contribution in [0.2, 0.25) is 0 Å². The second kappa shape index (κ2) is 4.20. The second-order valence-electron chi connectivity index (χ2n) is 2.99. The Labute approximate surface area is 90.6 Å². The third-order valence-corrected chi connectivity index (χ3v) is 2.84. The zero-order valence-electron chi connectivity index (χ0n) is 7.77. The van der Waals surface area contributed by atoms with Crippen molar-refractivity contribution in [2.45, 2.75) is 6.42 Å². The fourth-order valence-corrected chi connectivity index (χ4v) is 2.02. The van der Waals surface area contributed by atoms with Crippen LogP contribution in [-0.2, 0) is 6.42 Å². The number of aromatic nitrogens is 1. The van der Waals surface area contributed by atoms with Gasteiger partial charge in [-0.3, -0.25) is 0 Å². The van der Waals surface area contributed by atoms with Gasteiger partial charge in [0.1, 0.15) is 10.8 Å². The predicted octanol–water partition coefficient (Wildman–Crippen LogP) is 3.02. The highest BCUT2D eigenvalue weighted by atomic mass is 32.1. The molecule has 0 aliphatic rings. The van der Waals surface area contributed by atoms with E-state index in [1.807, 2.05) is 11.4 Å². The van der Waals surface area contributed by atoms with Gasteiger partial charge in [-0.15, -0.1) is 11.3 Å². The largest absolute Gasteiger partial charge is 0.240 e. The molecule has 1 heterocycles. The van der Waals surface area contributed by atoms with Crippen LogP contribution >= 0.6 is 11.3 Å². The number of nitrogens with zero attached hydrogens (tertiary/aromatic N) is 2. The summed E-state index contributed by atoms with van der Waals surface area (Å²) >= 11 is 1.46. The average Bonchev–Trinajstić information content (AvgIpc) is 2.68. The first kappa shape index (κ1) is 9.81. The van der Waals surface area contributed by atoms with Gasteiger partial charge in [0.2, 0.25) is 0 Å². The quantitative estimate of drug-likeness (QED) is 0.776. The number of hydrogen-bond acceptors (Lipinski definition) is 3. The van der Waals surface area contributed by atoms with Crippen LogP contribution in [0.15, 0.2) is 29.6 Å². The molecule has 0 spiro atoms. The standard InChI is InChI=1S/C11H7FN2S/c12-9-3-1-8(2-4-9)11-14-10(5-6-13)7-15-11/h1-4,7H,5H2. The number of halogens is 1. The zero-order valence-corrected chi connectivity index (χ0v) is 8.59. The first-order valence-electron chi connectivity index (χ1n) is 4.37. The van der Waals surface area contributed by atoms with E-state index in [1.54, 1.807) is 12.1 Å². The number of benzene rings is 1. The molecular formula is C11H7FN2S. The van der Waals surface area contributed by atoms with E-state index >= 15 is 0 Å². The van der Waals surface area contributed by atoms with Crippen LogP contribution < -0.4 is 0 Å². The summed E-state index contributed by atoms with van der Waals surface area (Å²) in [7, 11) is 0. The van der Waals surface area contributed by atoms with Crippen molar-refractivity contribution in [2.75, 3.05) is 0 Å². The summed E-state index contributed by atoms with van der Waals surface area (Å²) in [6.07, 6.45) is 0.317. The number of rotatable bonds is 2. The summed E-state index contributed by atoms with van der Waals surface area (Å²) in [4.78, 5) is 4.27. The van der Waals surface area contributed by atoms with Crippen LogP contribution in [0.3, 0.4) is 0 Å². The van der Waals surface area contributed by atoms with Crippen molar-refractivity contribution < 1.29 is 4.39 Å². The summed E-state index contributed by atoms with van der Waals surface area (Å²) in [6, 6.07) is 8.22. The van der Waals surface area contributed by atoms with Crippen molar-refractivity contribution >= 4 is 11.3 Å². The lowest BCUT2D eigenvalue weighted by atomic mass is 10.2. The Bertz CT molecular complexity index is 496. The molecule has 0 fully saturated rings. The minimum absolute atomic E-state index is 0.257. The summed E-state index contributed by atoms with van der Waals surface area (Å²) < 4.78 is 12.7. The summed E-state index contributed by atoms with van der Waals surface area (Å²) in [5, 5.41) is 11.2.